The highest BCUT2D eigenvalue weighted by Crippen LogP contribution is 1.98. The molecular weight excluding hydrogens is 332 g/mol. The molecule has 0 atom stereocenters. The molecule has 0 amide bonds. The third-order valence-corrected chi connectivity index (χ3v) is 4.61. The summed E-state index contributed by atoms with van der Waals surface area (Å²) in [6.07, 6.45) is 4.88. The molecule has 1 aliphatic heterocycles. The van der Waals surface area contributed by atoms with Crippen LogP contribution in [0.25, 0.3) is 0 Å². The topological polar surface area (TPSA) is 43.4 Å². The number of ether oxygens (including phenoxy) is 4. The molecule has 0 saturated carbocycles. The first kappa shape index (κ1) is 23.8. The first-order valence-electron chi connectivity index (χ1n) is 10.6. The van der Waals surface area contributed by atoms with Crippen molar-refractivity contribution in [1.29, 1.82) is 0 Å². The van der Waals surface area contributed by atoms with Gasteiger partial charge in [0.25, 0.3) is 0 Å². The number of nitrogens with zero attached hydrogens (tertiary/aromatic N) is 2. The summed E-state index contributed by atoms with van der Waals surface area (Å²) in [6, 6.07) is 0. The molecule has 156 valence electrons. The molecule has 26 heavy (non-hydrogen) atoms. The Hall–Kier alpha value is -0.240. The highest BCUT2D eigenvalue weighted by molar-refractivity contribution is 4.59. The second-order valence-electron chi connectivity index (χ2n) is 6.84. The Bertz CT molecular complexity index is 247. The minimum atomic E-state index is 0.677. The van der Waals surface area contributed by atoms with E-state index < -0.39 is 0 Å². The molecule has 1 fully saturated rings. The van der Waals surface area contributed by atoms with Crippen molar-refractivity contribution >= 4 is 0 Å². The maximum atomic E-state index is 5.74. The largest absolute Gasteiger partial charge is 0.378 e. The Kier molecular flexibility index (Phi) is 16.6. The van der Waals surface area contributed by atoms with Crippen LogP contribution in [0.15, 0.2) is 0 Å². The summed E-state index contributed by atoms with van der Waals surface area (Å²) in [5, 5.41) is 0. The summed E-state index contributed by atoms with van der Waals surface area (Å²) in [4.78, 5) is 4.86. The normalized spacial score (nSPS) is 21.9. The minimum Gasteiger partial charge on any atom is -0.378 e. The van der Waals surface area contributed by atoms with Gasteiger partial charge in [0, 0.05) is 26.2 Å². The molecule has 0 aromatic rings. The van der Waals surface area contributed by atoms with Crippen molar-refractivity contribution in [3.05, 3.63) is 0 Å². The van der Waals surface area contributed by atoms with E-state index in [2.05, 4.69) is 23.6 Å². The highest BCUT2D eigenvalue weighted by atomic mass is 16.5. The van der Waals surface area contributed by atoms with Crippen LogP contribution in [0, 0.1) is 0 Å². The second-order valence-corrected chi connectivity index (χ2v) is 6.84. The fourth-order valence-corrected chi connectivity index (χ4v) is 2.85. The summed E-state index contributed by atoms with van der Waals surface area (Å²) in [5.74, 6) is 0. The molecule has 0 unspecified atom stereocenters. The van der Waals surface area contributed by atoms with Crippen molar-refractivity contribution in [1.82, 2.24) is 9.80 Å². The van der Waals surface area contributed by atoms with Gasteiger partial charge in [-0.25, -0.2) is 0 Å². The van der Waals surface area contributed by atoms with Crippen molar-refractivity contribution in [2.75, 3.05) is 92.1 Å². The van der Waals surface area contributed by atoms with Gasteiger partial charge < -0.3 is 18.9 Å². The minimum absolute atomic E-state index is 0.677. The Balaban J connectivity index is 2.31. The van der Waals surface area contributed by atoms with Gasteiger partial charge in [-0.15, -0.1) is 0 Å². The van der Waals surface area contributed by atoms with Crippen LogP contribution in [0.1, 0.15) is 39.5 Å². The third kappa shape index (κ3) is 13.9. The van der Waals surface area contributed by atoms with E-state index in [0.29, 0.717) is 26.4 Å². The molecule has 1 rings (SSSR count). The van der Waals surface area contributed by atoms with Gasteiger partial charge in [0.2, 0.25) is 0 Å². The van der Waals surface area contributed by atoms with E-state index in [4.69, 9.17) is 18.9 Å². The first-order chi connectivity index (χ1) is 12.9. The fourth-order valence-electron chi connectivity index (χ4n) is 2.85. The predicted octanol–water partition coefficient (Wildman–Crippen LogP) is 2.27. The Morgan fingerprint density at radius 3 is 1.08 bits per heavy atom. The van der Waals surface area contributed by atoms with Gasteiger partial charge in [-0.2, -0.15) is 0 Å². The molecule has 0 radical (unpaired) electrons. The Morgan fingerprint density at radius 1 is 0.500 bits per heavy atom. The smallest absolute Gasteiger partial charge is 0.0701 e. The maximum Gasteiger partial charge on any atom is 0.0701 e. The van der Waals surface area contributed by atoms with Crippen LogP contribution in [0.5, 0.6) is 0 Å². The van der Waals surface area contributed by atoms with Crippen molar-refractivity contribution in [3.63, 3.8) is 0 Å². The van der Waals surface area contributed by atoms with E-state index in [0.717, 1.165) is 65.7 Å². The average Bonchev–Trinajstić information content (AvgIpc) is 2.65. The van der Waals surface area contributed by atoms with E-state index in [1.165, 1.54) is 25.7 Å². The van der Waals surface area contributed by atoms with Crippen molar-refractivity contribution in [3.8, 4) is 0 Å². The third-order valence-electron chi connectivity index (χ3n) is 4.61. The van der Waals surface area contributed by atoms with Gasteiger partial charge in [0.05, 0.1) is 52.9 Å². The molecule has 0 aliphatic carbocycles. The summed E-state index contributed by atoms with van der Waals surface area (Å²) >= 11 is 0. The van der Waals surface area contributed by atoms with Crippen LogP contribution < -0.4 is 0 Å². The molecule has 1 saturated heterocycles. The molecule has 6 heteroatoms. The molecule has 0 aromatic carbocycles. The van der Waals surface area contributed by atoms with Crippen LogP contribution in [0.4, 0.5) is 0 Å². The molecule has 0 spiro atoms. The van der Waals surface area contributed by atoms with Crippen LogP contribution in [0.2, 0.25) is 0 Å². The molecule has 0 bridgehead atoms. The van der Waals surface area contributed by atoms with Crippen molar-refractivity contribution in [2.24, 2.45) is 0 Å². The molecular formula is C20H42N2O4. The SMILES string of the molecule is CCCCN1CCOCCOCCN(CCCC)CCOCCOCC1. The van der Waals surface area contributed by atoms with Crippen molar-refractivity contribution in [2.45, 2.75) is 39.5 Å². The van der Waals surface area contributed by atoms with Gasteiger partial charge in [-0.3, -0.25) is 9.80 Å². The number of unbranched alkanes of at least 4 members (excludes halogenated alkanes) is 2. The van der Waals surface area contributed by atoms with Gasteiger partial charge >= 0.3 is 0 Å². The van der Waals surface area contributed by atoms with Crippen molar-refractivity contribution < 1.29 is 18.9 Å². The zero-order valence-electron chi connectivity index (χ0n) is 17.3. The van der Waals surface area contributed by atoms with E-state index >= 15 is 0 Å². The quantitative estimate of drug-likeness (QED) is 0.711. The highest BCUT2D eigenvalue weighted by Gasteiger charge is 2.07. The van der Waals surface area contributed by atoms with Crippen LogP contribution >= 0.6 is 0 Å². The summed E-state index contributed by atoms with van der Waals surface area (Å²) in [7, 11) is 0. The van der Waals surface area contributed by atoms with Gasteiger partial charge in [-0.1, -0.05) is 26.7 Å². The Morgan fingerprint density at radius 2 is 0.808 bits per heavy atom. The molecule has 1 aliphatic rings. The predicted molar refractivity (Wildman–Crippen MR) is 106 cm³/mol. The number of hydrogen-bond donors (Lipinski definition) is 0. The maximum absolute atomic E-state index is 5.74. The summed E-state index contributed by atoms with van der Waals surface area (Å²) < 4.78 is 23.0. The molecule has 0 aromatic heterocycles. The van der Waals surface area contributed by atoms with Crippen LogP contribution in [-0.4, -0.2) is 102 Å². The summed E-state index contributed by atoms with van der Waals surface area (Å²) in [6.45, 7) is 16.3. The lowest BCUT2D eigenvalue weighted by atomic mass is 10.3. The van der Waals surface area contributed by atoms with Crippen LogP contribution in [0.3, 0.4) is 0 Å². The van der Waals surface area contributed by atoms with E-state index in [9.17, 15) is 0 Å². The Labute approximate surface area is 161 Å². The first-order valence-corrected chi connectivity index (χ1v) is 10.6. The van der Waals surface area contributed by atoms with Gasteiger partial charge in [0.1, 0.15) is 0 Å². The molecule has 0 N–H and O–H groups in total. The van der Waals surface area contributed by atoms with Gasteiger partial charge in [-0.05, 0) is 25.9 Å². The lowest BCUT2D eigenvalue weighted by molar-refractivity contribution is 0.00786. The van der Waals surface area contributed by atoms with E-state index in [1.807, 2.05) is 0 Å². The fraction of sp³-hybridized carbons (Fsp3) is 1.00. The second kappa shape index (κ2) is 18.1. The average molecular weight is 375 g/mol. The van der Waals surface area contributed by atoms with Gasteiger partial charge in [0.15, 0.2) is 0 Å². The molecule has 1 heterocycles. The molecule has 6 nitrogen and oxygen atoms in total. The monoisotopic (exact) mass is 374 g/mol. The van der Waals surface area contributed by atoms with E-state index in [-0.39, 0.29) is 0 Å². The number of hydrogen-bond acceptors (Lipinski definition) is 6. The van der Waals surface area contributed by atoms with E-state index in [1.54, 1.807) is 0 Å². The lowest BCUT2D eigenvalue weighted by Gasteiger charge is -2.23. The zero-order valence-corrected chi connectivity index (χ0v) is 17.3. The summed E-state index contributed by atoms with van der Waals surface area (Å²) in [5.41, 5.74) is 0. The number of rotatable bonds is 6. The lowest BCUT2D eigenvalue weighted by Crippen LogP contribution is -2.34. The van der Waals surface area contributed by atoms with Crippen LogP contribution in [-0.2, 0) is 18.9 Å². The zero-order chi connectivity index (χ0) is 18.7. The standard InChI is InChI=1S/C20H42N2O4/c1-3-5-7-21-9-13-23-17-19-25-15-11-22(8-6-4-2)12-16-26-20-18-24-14-10-21/h3-20H2,1-2H3.